The van der Waals surface area contributed by atoms with E-state index in [1.54, 1.807) is 0 Å². The zero-order valence-electron chi connectivity index (χ0n) is 13.1. The second kappa shape index (κ2) is 12.4. The van der Waals surface area contributed by atoms with Crippen molar-refractivity contribution in [2.24, 2.45) is 0 Å². The summed E-state index contributed by atoms with van der Waals surface area (Å²) >= 11 is -5.43. The average Bonchev–Trinajstić information content (AvgIpc) is 2.08. The zero-order valence-corrected chi connectivity index (χ0v) is 17.0. The van der Waals surface area contributed by atoms with Gasteiger partial charge in [-0.1, -0.05) is 0 Å². The van der Waals surface area contributed by atoms with Crippen molar-refractivity contribution in [2.75, 3.05) is 0 Å². The minimum atomic E-state index is -5.43. The summed E-state index contributed by atoms with van der Waals surface area (Å²) in [5, 5.41) is 8.89. The van der Waals surface area contributed by atoms with Gasteiger partial charge in [0.25, 0.3) is 0 Å². The van der Waals surface area contributed by atoms with Crippen LogP contribution in [-0.2, 0) is 34.7 Å². The maximum atomic E-state index is 10.9. The summed E-state index contributed by atoms with van der Waals surface area (Å²) in [7, 11) is 0. The molecule has 0 unspecified atom stereocenters. The number of hydrogen-bond acceptors (Lipinski definition) is 10. The standard InChI is InChI=1S/5C2H4O2.Li.Pb/c5*1-2(3)4;;/h5*1H3,(H,3,4);;/q;;;;;+1;+4/p-5. The van der Waals surface area contributed by atoms with Gasteiger partial charge >= 0.3 is 123 Å². The molecule has 120 valence electrons. The van der Waals surface area contributed by atoms with Crippen LogP contribution >= 0.6 is 0 Å². The van der Waals surface area contributed by atoms with E-state index < -0.39 is 52.8 Å². The predicted octanol–water partition coefficient (Wildman–Crippen LogP) is -4.57. The Kier molecular flexibility index (Phi) is 14.6. The van der Waals surface area contributed by atoms with Gasteiger partial charge in [-0.15, -0.1) is 0 Å². The number of carbonyl (C=O) groups excluding carboxylic acids is 5. The predicted molar refractivity (Wildman–Crippen MR) is 63.5 cm³/mol. The third-order valence-corrected chi connectivity index (χ3v) is 9.43. The Morgan fingerprint density at radius 1 is 0.636 bits per heavy atom. The molecule has 0 aromatic carbocycles. The third kappa shape index (κ3) is 16.9. The molecule has 0 bridgehead atoms. The summed E-state index contributed by atoms with van der Waals surface area (Å²) in [6.07, 6.45) is 0. The largest absolute Gasteiger partial charge is 1.00 e. The van der Waals surface area contributed by atoms with E-state index in [-0.39, 0.29) is 18.9 Å². The molecule has 0 N–H and O–H groups in total. The number of carboxylic acids is 1. The monoisotopic (exact) mass is 510 g/mol. The van der Waals surface area contributed by atoms with Crippen LogP contribution in [0.4, 0.5) is 0 Å². The molecule has 0 aromatic rings. The fraction of sp³-hybridized carbons (Fsp3) is 0.500. The van der Waals surface area contributed by atoms with E-state index in [4.69, 9.17) is 9.90 Å². The fourth-order valence-electron chi connectivity index (χ4n) is 0.829. The molecule has 0 aliphatic carbocycles. The number of carboxylic acid groups (broad SMARTS) is 1. The maximum absolute atomic E-state index is 10.9. The summed E-state index contributed by atoms with van der Waals surface area (Å²) in [6.45, 7) is 4.99. The summed E-state index contributed by atoms with van der Waals surface area (Å²) in [5.74, 6) is -4.60. The Hall–Kier alpha value is -1.13. The minimum Gasteiger partial charge on any atom is 1.00 e. The Bertz CT molecular complexity index is 362. The molecule has 0 atom stereocenters. The van der Waals surface area contributed by atoms with Crippen molar-refractivity contribution in [1.29, 1.82) is 0 Å². The van der Waals surface area contributed by atoms with Gasteiger partial charge in [-0.2, -0.15) is 0 Å². The molecule has 0 fully saturated rings. The fourth-order valence-corrected chi connectivity index (χ4v) is 7.28. The first-order valence-electron chi connectivity index (χ1n) is 5.36. The van der Waals surface area contributed by atoms with E-state index in [1.165, 1.54) is 0 Å². The van der Waals surface area contributed by atoms with Gasteiger partial charge in [-0.05, 0) is 6.92 Å². The first-order chi connectivity index (χ1) is 9.40. The normalized spacial score (nSPS) is 8.95. The number of aliphatic carboxylic acids is 1. The summed E-state index contributed by atoms with van der Waals surface area (Å²) in [5.41, 5.74) is 0. The second-order valence-electron chi connectivity index (χ2n) is 3.37. The average molecular weight is 509 g/mol. The van der Waals surface area contributed by atoms with Crippen molar-refractivity contribution < 1.29 is 58.7 Å². The van der Waals surface area contributed by atoms with Gasteiger partial charge in [0, 0.05) is 5.97 Å². The first kappa shape index (κ1) is 25.8. The number of carbonyl (C=O) groups is 5. The molecule has 0 aromatic heterocycles. The van der Waals surface area contributed by atoms with Crippen molar-refractivity contribution in [2.45, 2.75) is 34.6 Å². The molecule has 0 aliphatic rings. The molecule has 10 nitrogen and oxygen atoms in total. The smallest absolute Gasteiger partial charge is 1.00 e. The Morgan fingerprint density at radius 2 is 0.773 bits per heavy atom. The van der Waals surface area contributed by atoms with E-state index in [0.29, 0.717) is 0 Å². The Morgan fingerprint density at radius 3 is 0.864 bits per heavy atom. The van der Waals surface area contributed by atoms with Crippen molar-refractivity contribution in [3.8, 4) is 0 Å². The van der Waals surface area contributed by atoms with Gasteiger partial charge in [0.05, 0.1) is 0 Å². The summed E-state index contributed by atoms with van der Waals surface area (Å²) in [4.78, 5) is 52.3. The molecule has 22 heavy (non-hydrogen) atoms. The van der Waals surface area contributed by atoms with E-state index in [9.17, 15) is 19.2 Å². The topological polar surface area (TPSA) is 145 Å². The third-order valence-electron chi connectivity index (χ3n) is 1.07. The van der Waals surface area contributed by atoms with Gasteiger partial charge in [0.1, 0.15) is 0 Å². The van der Waals surface area contributed by atoms with Crippen LogP contribution in [0.3, 0.4) is 0 Å². The van der Waals surface area contributed by atoms with Crippen LogP contribution in [0.15, 0.2) is 0 Å². The number of hydrogen-bond donors (Lipinski definition) is 0. The molecule has 0 heterocycles. The molecule has 0 saturated carbocycles. The van der Waals surface area contributed by atoms with Crippen molar-refractivity contribution >= 4 is 52.8 Å². The molecule has 0 radical (unpaired) electrons. The molecule has 0 saturated heterocycles. The molecule has 0 aliphatic heterocycles. The van der Waals surface area contributed by atoms with E-state index in [1.807, 2.05) is 0 Å². The molecule has 0 amide bonds. The van der Waals surface area contributed by atoms with Crippen LogP contribution in [0.5, 0.6) is 0 Å². The van der Waals surface area contributed by atoms with Gasteiger partial charge in [-0.3, -0.25) is 0 Å². The van der Waals surface area contributed by atoms with Crippen LogP contribution in [0.1, 0.15) is 34.6 Å². The molecular weight excluding hydrogens is 494 g/mol. The van der Waals surface area contributed by atoms with Crippen LogP contribution in [0.2, 0.25) is 0 Å². The summed E-state index contributed by atoms with van der Waals surface area (Å²) in [6, 6.07) is 0. The quantitative estimate of drug-likeness (QED) is 0.340. The van der Waals surface area contributed by atoms with Crippen LogP contribution in [-0.4, -0.2) is 52.8 Å². The van der Waals surface area contributed by atoms with E-state index >= 15 is 0 Å². The van der Waals surface area contributed by atoms with Gasteiger partial charge < -0.3 is 9.90 Å². The summed E-state index contributed by atoms with van der Waals surface area (Å²) < 4.78 is 18.5. The first-order valence-corrected chi connectivity index (χ1v) is 11.7. The van der Waals surface area contributed by atoms with Crippen LogP contribution < -0.4 is 24.0 Å². The number of rotatable bonds is 4. The van der Waals surface area contributed by atoms with E-state index in [2.05, 4.69) is 10.7 Å². The van der Waals surface area contributed by atoms with Crippen molar-refractivity contribution in [1.82, 2.24) is 0 Å². The van der Waals surface area contributed by atoms with Crippen LogP contribution in [0.25, 0.3) is 0 Å². The SMILES string of the molecule is CC(=O)[O-].CC(=O)[O][Pb]([O]C(C)=O)([O]C(C)=O)[O]C(C)=O.[Li+]. The van der Waals surface area contributed by atoms with Gasteiger partial charge in [-0.25, -0.2) is 0 Å². The van der Waals surface area contributed by atoms with Crippen molar-refractivity contribution in [3.63, 3.8) is 0 Å². The van der Waals surface area contributed by atoms with Crippen LogP contribution in [0, 0.1) is 0 Å². The molecule has 12 heteroatoms. The second-order valence-corrected chi connectivity index (χ2v) is 10.4. The van der Waals surface area contributed by atoms with Gasteiger partial charge in [0.2, 0.25) is 0 Å². The van der Waals surface area contributed by atoms with E-state index in [0.717, 1.165) is 34.6 Å². The molecular formula is C10H15LiO10Pb. The minimum absolute atomic E-state index is 0. The van der Waals surface area contributed by atoms with Crippen molar-refractivity contribution in [3.05, 3.63) is 0 Å². The maximum Gasteiger partial charge on any atom is 1.00 e. The molecule has 0 rings (SSSR count). The Labute approximate surface area is 145 Å². The molecule has 0 spiro atoms. The Balaban J connectivity index is -0.000000640. The zero-order chi connectivity index (χ0) is 17.2. The van der Waals surface area contributed by atoms with Gasteiger partial charge in [0.15, 0.2) is 0 Å².